The van der Waals surface area contributed by atoms with Crippen LogP contribution in [0.1, 0.15) is 39.2 Å². The Bertz CT molecular complexity index is 1070. The Morgan fingerprint density at radius 3 is 2.19 bits per heavy atom. The molecule has 1 aromatic rings. The maximum atomic E-state index is 13.2. The van der Waals surface area contributed by atoms with E-state index in [9.17, 15) is 39.3 Å². The van der Waals surface area contributed by atoms with Crippen LogP contribution in [-0.2, 0) is 35.1 Å². The molecular weight excluding hydrogens is 554 g/mol. The lowest BCUT2D eigenvalue weighted by molar-refractivity contribution is -0.203. The number of carbonyl (C=O) groups is 5. The topological polar surface area (TPSA) is 236 Å². The van der Waals surface area contributed by atoms with Gasteiger partial charge in [0.15, 0.2) is 6.23 Å². The van der Waals surface area contributed by atoms with Crippen LogP contribution in [-0.4, -0.2) is 99.8 Å². The predicted octanol–water partition coefficient (Wildman–Crippen LogP) is -2.55. The number of aliphatic hydroxyl groups is 3. The number of rotatable bonds is 14. The highest BCUT2D eigenvalue weighted by Crippen LogP contribution is 2.20. The van der Waals surface area contributed by atoms with Crippen LogP contribution in [0.4, 0.5) is 0 Å². The molecule has 234 valence electrons. The lowest BCUT2D eigenvalue weighted by Crippen LogP contribution is -2.68. The number of hydrogen-bond acceptors (Lipinski definition) is 10. The van der Waals surface area contributed by atoms with Crippen LogP contribution in [0.5, 0.6) is 0 Å². The molecule has 42 heavy (non-hydrogen) atoms. The van der Waals surface area contributed by atoms with Gasteiger partial charge in [-0.3, -0.25) is 29.2 Å². The first-order chi connectivity index (χ1) is 19.9. The van der Waals surface area contributed by atoms with Crippen LogP contribution in [0.25, 0.3) is 0 Å². The molecular formula is C27H41N5O10. The first kappa shape index (κ1) is 34.6. The zero-order valence-corrected chi connectivity index (χ0v) is 23.8. The van der Waals surface area contributed by atoms with Gasteiger partial charge >= 0.3 is 0 Å². The molecule has 0 bridgehead atoms. The maximum absolute atomic E-state index is 13.2. The van der Waals surface area contributed by atoms with Crippen LogP contribution in [0.15, 0.2) is 30.3 Å². The van der Waals surface area contributed by atoms with Crippen molar-refractivity contribution < 1.29 is 49.2 Å². The van der Waals surface area contributed by atoms with Crippen molar-refractivity contribution >= 4 is 29.5 Å². The second-order valence-electron chi connectivity index (χ2n) is 10.6. The molecule has 0 spiro atoms. The second kappa shape index (κ2) is 16.7. The van der Waals surface area contributed by atoms with E-state index in [0.717, 1.165) is 0 Å². The number of nitrogens with one attached hydrogen (secondary N) is 5. The fourth-order valence-corrected chi connectivity index (χ4v) is 4.61. The van der Waals surface area contributed by atoms with Gasteiger partial charge in [0.2, 0.25) is 29.5 Å². The molecule has 0 radical (unpaired) electrons. The van der Waals surface area contributed by atoms with E-state index in [1.807, 2.05) is 13.8 Å². The molecule has 1 unspecified atom stereocenters. The van der Waals surface area contributed by atoms with Crippen molar-refractivity contribution in [1.29, 1.82) is 0 Å². The third kappa shape index (κ3) is 10.6. The zero-order chi connectivity index (χ0) is 31.4. The summed E-state index contributed by atoms with van der Waals surface area (Å²) in [6, 6.07) is 6.42. The maximum Gasteiger partial charge on any atom is 0.244 e. The van der Waals surface area contributed by atoms with E-state index in [0.29, 0.717) is 12.0 Å². The lowest BCUT2D eigenvalue weighted by atomic mass is 9.92. The molecule has 15 nitrogen and oxygen atoms in total. The molecule has 5 amide bonds. The number of hydroxylamine groups is 1. The minimum absolute atomic E-state index is 0.0331. The van der Waals surface area contributed by atoms with Gasteiger partial charge in [0, 0.05) is 25.7 Å². The Labute approximate surface area is 243 Å². The Hall–Kier alpha value is -3.63. The van der Waals surface area contributed by atoms with Crippen molar-refractivity contribution in [3.05, 3.63) is 35.9 Å². The first-order valence-electron chi connectivity index (χ1n) is 13.6. The van der Waals surface area contributed by atoms with Crippen molar-refractivity contribution in [2.45, 2.75) is 76.7 Å². The van der Waals surface area contributed by atoms with Crippen LogP contribution in [0.2, 0.25) is 0 Å². The Kier molecular flexibility index (Phi) is 13.8. The van der Waals surface area contributed by atoms with Gasteiger partial charge < -0.3 is 41.3 Å². The predicted molar refractivity (Wildman–Crippen MR) is 146 cm³/mol. The molecule has 1 heterocycles. The van der Waals surface area contributed by atoms with Crippen molar-refractivity contribution in [3.63, 3.8) is 0 Å². The van der Waals surface area contributed by atoms with Gasteiger partial charge in [-0.25, -0.2) is 5.48 Å². The summed E-state index contributed by atoms with van der Waals surface area (Å²) in [5.74, 6) is -4.19. The molecule has 9 N–H and O–H groups in total. The van der Waals surface area contributed by atoms with Crippen LogP contribution in [0, 0.1) is 11.8 Å². The molecule has 15 heteroatoms. The Morgan fingerprint density at radius 1 is 0.952 bits per heavy atom. The fourth-order valence-electron chi connectivity index (χ4n) is 4.61. The summed E-state index contributed by atoms with van der Waals surface area (Å²) < 4.78 is 5.46. The fraction of sp³-hybridized carbons (Fsp3) is 0.593. The van der Waals surface area contributed by atoms with Crippen LogP contribution >= 0.6 is 0 Å². The molecule has 0 saturated carbocycles. The largest absolute Gasteiger partial charge is 0.394 e. The number of hydrogen-bond donors (Lipinski definition) is 9. The van der Waals surface area contributed by atoms with E-state index in [2.05, 4.69) is 21.3 Å². The molecule has 1 aromatic carbocycles. The van der Waals surface area contributed by atoms with Gasteiger partial charge in [-0.15, -0.1) is 0 Å². The summed E-state index contributed by atoms with van der Waals surface area (Å²) in [5, 5.41) is 48.8. The van der Waals surface area contributed by atoms with E-state index in [1.54, 1.807) is 30.3 Å². The lowest BCUT2D eigenvalue weighted by Gasteiger charge is -2.42. The van der Waals surface area contributed by atoms with Crippen LogP contribution < -0.4 is 26.7 Å². The SMILES string of the molecule is CC(=O)N[C@H]1C(NC(=O)CNC(=O)[C@H](Cc2ccccc2)NC(=O)[C@@H](CC(=O)NO)CC(C)C)O[C@H](CO)[C@@H](O)[C@@H]1O. The van der Waals surface area contributed by atoms with Gasteiger partial charge in [0.25, 0.3) is 0 Å². The highest BCUT2D eigenvalue weighted by atomic mass is 16.5. The number of amides is 5. The van der Waals surface area contributed by atoms with Gasteiger partial charge in [-0.2, -0.15) is 0 Å². The van der Waals surface area contributed by atoms with Crippen molar-refractivity contribution in [2.75, 3.05) is 13.2 Å². The van der Waals surface area contributed by atoms with Gasteiger partial charge in [0.1, 0.15) is 30.4 Å². The third-order valence-electron chi connectivity index (χ3n) is 6.62. The normalized spacial score (nSPS) is 23.3. The first-order valence-corrected chi connectivity index (χ1v) is 13.6. The molecule has 1 saturated heterocycles. The highest BCUT2D eigenvalue weighted by Gasteiger charge is 2.45. The van der Waals surface area contributed by atoms with Crippen molar-refractivity contribution in [2.24, 2.45) is 11.8 Å². The molecule has 0 aromatic heterocycles. The summed E-state index contributed by atoms with van der Waals surface area (Å²) in [6.07, 6.45) is -5.62. The molecule has 1 fully saturated rings. The Morgan fingerprint density at radius 2 is 1.62 bits per heavy atom. The number of aliphatic hydroxyl groups excluding tert-OH is 3. The van der Waals surface area contributed by atoms with E-state index in [1.165, 1.54) is 12.4 Å². The molecule has 0 aliphatic carbocycles. The second-order valence-corrected chi connectivity index (χ2v) is 10.6. The van der Waals surface area contributed by atoms with Crippen LogP contribution in [0.3, 0.4) is 0 Å². The Balaban J connectivity index is 2.13. The zero-order valence-electron chi connectivity index (χ0n) is 23.8. The number of benzene rings is 1. The summed E-state index contributed by atoms with van der Waals surface area (Å²) in [6.45, 7) is 3.63. The molecule has 2 rings (SSSR count). The van der Waals surface area contributed by atoms with Gasteiger partial charge in [-0.1, -0.05) is 44.2 Å². The molecule has 1 aliphatic heterocycles. The standard InChI is InChI=1S/C27H41N5O10/c1-14(2)9-17(11-20(35)32-41)25(39)30-18(10-16-7-5-4-6-8-16)26(40)28-12-21(36)31-27-22(29-15(3)34)24(38)23(37)19(13-33)42-27/h4-8,14,17-19,22-24,27,33,37-38,41H,9-13H2,1-3H3,(H,28,40)(H,29,34)(H,30,39)(H,31,36)(H,32,35)/t17-,18+,19-,22-,23-,24-,27?/m1/s1. The summed E-state index contributed by atoms with van der Waals surface area (Å²) in [4.78, 5) is 62.4. The molecule has 1 aliphatic rings. The molecule has 7 atom stereocenters. The monoisotopic (exact) mass is 595 g/mol. The van der Waals surface area contributed by atoms with Gasteiger partial charge in [0.05, 0.1) is 13.2 Å². The average Bonchev–Trinajstić information content (AvgIpc) is 2.94. The quantitative estimate of drug-likeness (QED) is 0.0806. The van der Waals surface area contributed by atoms with Gasteiger partial charge in [-0.05, 0) is 17.9 Å². The van der Waals surface area contributed by atoms with E-state index >= 15 is 0 Å². The minimum Gasteiger partial charge on any atom is -0.394 e. The van der Waals surface area contributed by atoms with Crippen molar-refractivity contribution in [3.8, 4) is 0 Å². The summed E-state index contributed by atoms with van der Waals surface area (Å²) in [7, 11) is 0. The summed E-state index contributed by atoms with van der Waals surface area (Å²) in [5.41, 5.74) is 2.23. The summed E-state index contributed by atoms with van der Waals surface area (Å²) >= 11 is 0. The third-order valence-corrected chi connectivity index (χ3v) is 6.62. The van der Waals surface area contributed by atoms with Crippen molar-refractivity contribution in [1.82, 2.24) is 26.7 Å². The highest BCUT2D eigenvalue weighted by molar-refractivity contribution is 5.92. The van der Waals surface area contributed by atoms with E-state index in [4.69, 9.17) is 9.94 Å². The minimum atomic E-state index is -1.57. The smallest absolute Gasteiger partial charge is 0.244 e. The number of ether oxygens (including phenoxy) is 1. The number of carbonyl (C=O) groups excluding carboxylic acids is 5. The van der Waals surface area contributed by atoms with E-state index < -0.39 is 85.2 Å². The average molecular weight is 596 g/mol. The van der Waals surface area contributed by atoms with E-state index in [-0.39, 0.29) is 18.8 Å².